The molecular formula is C22H28N4O4. The van der Waals surface area contributed by atoms with Gasteiger partial charge in [-0.1, -0.05) is 6.07 Å². The van der Waals surface area contributed by atoms with E-state index in [2.05, 4.69) is 15.2 Å². The minimum absolute atomic E-state index is 0.265. The molecule has 8 heteroatoms. The number of benzene rings is 1. The van der Waals surface area contributed by atoms with Crippen LogP contribution >= 0.6 is 0 Å². The number of pyridine rings is 1. The van der Waals surface area contributed by atoms with E-state index in [0.29, 0.717) is 30.9 Å². The van der Waals surface area contributed by atoms with Gasteiger partial charge >= 0.3 is 12.0 Å². The van der Waals surface area contributed by atoms with Gasteiger partial charge in [0.15, 0.2) is 0 Å². The van der Waals surface area contributed by atoms with Gasteiger partial charge in [0, 0.05) is 45.7 Å². The third-order valence-electron chi connectivity index (χ3n) is 5.05. The number of carbonyl (C=O) groups is 2. The summed E-state index contributed by atoms with van der Waals surface area (Å²) in [7, 11) is 2.95. The minimum atomic E-state index is -0.440. The average Bonchev–Trinajstić information content (AvgIpc) is 3.31. The fourth-order valence-corrected chi connectivity index (χ4v) is 3.47. The molecule has 30 heavy (non-hydrogen) atoms. The molecule has 1 N–H and O–H groups in total. The van der Waals surface area contributed by atoms with E-state index in [1.807, 2.05) is 18.2 Å². The first kappa shape index (κ1) is 21.6. The topological polar surface area (TPSA) is 84.0 Å². The Morgan fingerprint density at radius 2 is 2.00 bits per heavy atom. The predicted molar refractivity (Wildman–Crippen MR) is 115 cm³/mol. The lowest BCUT2D eigenvalue weighted by Gasteiger charge is -2.26. The van der Waals surface area contributed by atoms with Crippen LogP contribution in [-0.2, 0) is 16.0 Å². The third-order valence-corrected chi connectivity index (χ3v) is 5.05. The maximum Gasteiger partial charge on any atom is 0.337 e. The van der Waals surface area contributed by atoms with Gasteiger partial charge in [0.05, 0.1) is 30.7 Å². The predicted octanol–water partition coefficient (Wildman–Crippen LogP) is 3.15. The highest BCUT2D eigenvalue weighted by molar-refractivity contribution is 5.97. The molecule has 0 atom stereocenters. The highest BCUT2D eigenvalue weighted by Gasteiger charge is 2.21. The smallest absolute Gasteiger partial charge is 0.337 e. The van der Waals surface area contributed by atoms with Crippen molar-refractivity contribution in [2.75, 3.05) is 50.7 Å². The molecule has 3 rings (SSSR count). The zero-order valence-electron chi connectivity index (χ0n) is 17.5. The number of ether oxygens (including phenoxy) is 2. The van der Waals surface area contributed by atoms with Gasteiger partial charge in [0.1, 0.15) is 0 Å². The summed E-state index contributed by atoms with van der Waals surface area (Å²) < 4.78 is 10.0. The third kappa shape index (κ3) is 5.48. The molecule has 2 amide bonds. The van der Waals surface area contributed by atoms with E-state index in [0.717, 1.165) is 37.2 Å². The molecule has 1 saturated heterocycles. The number of urea groups is 1. The van der Waals surface area contributed by atoms with Gasteiger partial charge in [-0.15, -0.1) is 0 Å². The lowest BCUT2D eigenvalue weighted by molar-refractivity contribution is 0.0600. The van der Waals surface area contributed by atoms with Crippen molar-refractivity contribution in [2.45, 2.75) is 19.4 Å². The molecule has 0 bridgehead atoms. The van der Waals surface area contributed by atoms with Crippen LogP contribution in [0.4, 0.5) is 16.2 Å². The number of nitrogens with zero attached hydrogens (tertiary/aromatic N) is 3. The van der Waals surface area contributed by atoms with Crippen molar-refractivity contribution < 1.29 is 19.1 Å². The Morgan fingerprint density at radius 3 is 2.67 bits per heavy atom. The molecule has 1 aromatic carbocycles. The second-order valence-electron chi connectivity index (χ2n) is 7.12. The molecule has 0 radical (unpaired) electrons. The number of esters is 1. The molecule has 8 nitrogen and oxygen atoms in total. The summed E-state index contributed by atoms with van der Waals surface area (Å²) in [4.78, 5) is 33.2. The number of nitrogens with one attached hydrogen (secondary N) is 1. The van der Waals surface area contributed by atoms with Crippen LogP contribution < -0.4 is 10.2 Å². The number of aromatic nitrogens is 1. The lowest BCUT2D eigenvalue weighted by Crippen LogP contribution is -2.37. The number of anilines is 2. The first-order valence-corrected chi connectivity index (χ1v) is 10.0. The second kappa shape index (κ2) is 10.6. The van der Waals surface area contributed by atoms with Crippen LogP contribution in [0.5, 0.6) is 0 Å². The first-order chi connectivity index (χ1) is 14.6. The van der Waals surface area contributed by atoms with E-state index in [4.69, 9.17) is 9.47 Å². The molecule has 2 aromatic rings. The van der Waals surface area contributed by atoms with E-state index in [-0.39, 0.29) is 6.03 Å². The average molecular weight is 412 g/mol. The van der Waals surface area contributed by atoms with E-state index >= 15 is 0 Å². The molecular weight excluding hydrogens is 384 g/mol. The fourth-order valence-electron chi connectivity index (χ4n) is 3.47. The number of hydrogen-bond donors (Lipinski definition) is 1. The van der Waals surface area contributed by atoms with E-state index in [1.54, 1.807) is 36.5 Å². The van der Waals surface area contributed by atoms with Crippen molar-refractivity contribution in [3.8, 4) is 0 Å². The second-order valence-corrected chi connectivity index (χ2v) is 7.12. The van der Waals surface area contributed by atoms with Crippen LogP contribution in [-0.4, -0.2) is 62.3 Å². The highest BCUT2D eigenvalue weighted by Crippen LogP contribution is 2.30. The summed E-state index contributed by atoms with van der Waals surface area (Å²) in [6.45, 7) is 3.08. The Morgan fingerprint density at radius 1 is 1.20 bits per heavy atom. The van der Waals surface area contributed by atoms with Gasteiger partial charge in [-0.05, 0) is 42.7 Å². The summed E-state index contributed by atoms with van der Waals surface area (Å²) in [6, 6.07) is 8.77. The quantitative estimate of drug-likeness (QED) is 0.671. The van der Waals surface area contributed by atoms with E-state index < -0.39 is 5.97 Å². The summed E-state index contributed by atoms with van der Waals surface area (Å²) in [5.41, 5.74) is 2.82. The Balaban J connectivity index is 1.84. The maximum absolute atomic E-state index is 13.1. The zero-order valence-corrected chi connectivity index (χ0v) is 17.5. The molecule has 1 aliphatic heterocycles. The van der Waals surface area contributed by atoms with Crippen LogP contribution in [0.3, 0.4) is 0 Å². The van der Waals surface area contributed by atoms with Crippen LogP contribution in [0.15, 0.2) is 42.7 Å². The van der Waals surface area contributed by atoms with E-state index in [9.17, 15) is 9.59 Å². The Kier molecular flexibility index (Phi) is 7.62. The molecule has 1 aromatic heterocycles. The van der Waals surface area contributed by atoms with Crippen molar-refractivity contribution in [1.82, 2.24) is 9.88 Å². The summed E-state index contributed by atoms with van der Waals surface area (Å²) in [5.74, 6) is -0.440. The van der Waals surface area contributed by atoms with Gasteiger partial charge in [-0.2, -0.15) is 0 Å². The number of amides is 2. The molecule has 160 valence electrons. The van der Waals surface area contributed by atoms with Crippen molar-refractivity contribution in [2.24, 2.45) is 0 Å². The summed E-state index contributed by atoms with van der Waals surface area (Å²) in [5, 5.41) is 3.00. The van der Waals surface area contributed by atoms with Crippen LogP contribution in [0.25, 0.3) is 0 Å². The minimum Gasteiger partial charge on any atom is -0.465 e. The molecule has 0 spiro atoms. The van der Waals surface area contributed by atoms with Gasteiger partial charge in [0.25, 0.3) is 0 Å². The Hall–Kier alpha value is -3.13. The number of methoxy groups -OCH3 is 2. The van der Waals surface area contributed by atoms with Crippen molar-refractivity contribution in [1.29, 1.82) is 0 Å². The molecule has 0 unspecified atom stereocenters. The number of carbonyl (C=O) groups excluding carboxylic acids is 2. The van der Waals surface area contributed by atoms with Crippen LogP contribution in [0.2, 0.25) is 0 Å². The van der Waals surface area contributed by atoms with Gasteiger partial charge < -0.3 is 24.6 Å². The number of hydrogen-bond acceptors (Lipinski definition) is 6. The normalized spacial score (nSPS) is 13.2. The summed E-state index contributed by atoms with van der Waals surface area (Å²) in [6.07, 6.45) is 5.64. The Bertz CT molecular complexity index is 853. The standard InChI is InChI=1S/C22H28N4O4/c1-29-13-12-26(16-17-6-5-9-23-15-17)22(28)24-19-14-18(21(27)30-2)7-8-20(19)25-10-3-4-11-25/h5-9,14-15H,3-4,10-13,16H2,1-2H3,(H,24,28). The van der Waals surface area contributed by atoms with Gasteiger partial charge in [-0.3, -0.25) is 4.98 Å². The van der Waals surface area contributed by atoms with Crippen LogP contribution in [0.1, 0.15) is 28.8 Å². The summed E-state index contributed by atoms with van der Waals surface area (Å²) >= 11 is 0. The SMILES string of the molecule is COCCN(Cc1cccnc1)C(=O)Nc1cc(C(=O)OC)ccc1N1CCCC1. The molecule has 0 saturated carbocycles. The van der Waals surface area contributed by atoms with Gasteiger partial charge in [0.2, 0.25) is 0 Å². The maximum atomic E-state index is 13.1. The van der Waals surface area contributed by atoms with Gasteiger partial charge in [-0.25, -0.2) is 9.59 Å². The lowest BCUT2D eigenvalue weighted by atomic mass is 10.1. The van der Waals surface area contributed by atoms with Crippen molar-refractivity contribution >= 4 is 23.4 Å². The highest BCUT2D eigenvalue weighted by atomic mass is 16.5. The Labute approximate surface area is 176 Å². The van der Waals surface area contributed by atoms with Crippen molar-refractivity contribution in [3.63, 3.8) is 0 Å². The monoisotopic (exact) mass is 412 g/mol. The molecule has 1 aliphatic rings. The fraction of sp³-hybridized carbons (Fsp3) is 0.409. The largest absolute Gasteiger partial charge is 0.465 e. The molecule has 0 aliphatic carbocycles. The first-order valence-electron chi connectivity index (χ1n) is 10.0. The number of rotatable bonds is 8. The molecule has 1 fully saturated rings. The molecule has 2 heterocycles. The van der Waals surface area contributed by atoms with Crippen LogP contribution in [0, 0.1) is 0 Å². The zero-order chi connectivity index (χ0) is 21.3. The van der Waals surface area contributed by atoms with Crippen molar-refractivity contribution in [3.05, 3.63) is 53.9 Å². The van der Waals surface area contributed by atoms with E-state index in [1.165, 1.54) is 7.11 Å².